The van der Waals surface area contributed by atoms with Crippen LogP contribution >= 0.6 is 24.0 Å². The van der Waals surface area contributed by atoms with Crippen molar-refractivity contribution in [3.8, 4) is 5.75 Å². The average molecular weight is 399 g/mol. The van der Waals surface area contributed by atoms with Crippen molar-refractivity contribution >= 4 is 51.9 Å². The fraction of sp³-hybridized carbons (Fsp3) is 0.150. The van der Waals surface area contributed by atoms with E-state index in [-0.39, 0.29) is 18.4 Å². The van der Waals surface area contributed by atoms with E-state index in [1.54, 1.807) is 17.0 Å². The van der Waals surface area contributed by atoms with E-state index >= 15 is 0 Å². The van der Waals surface area contributed by atoms with Crippen LogP contribution in [0.25, 0.3) is 6.08 Å². The lowest BCUT2D eigenvalue weighted by Crippen LogP contribution is -2.27. The molecule has 2 aromatic rings. The summed E-state index contributed by atoms with van der Waals surface area (Å²) in [6.07, 6.45) is 1.75. The smallest absolute Gasteiger partial charge is 0.266 e. The second kappa shape index (κ2) is 8.83. The topological polar surface area (TPSA) is 58.6 Å². The molecule has 5 nitrogen and oxygen atoms in total. The molecule has 27 heavy (non-hydrogen) atoms. The maximum absolute atomic E-state index is 12.4. The highest BCUT2D eigenvalue weighted by Crippen LogP contribution is 2.33. The standard InChI is InChI=1S/C20H18N2O3S2/c1-2-22-19(24)17(27-20(22)26)12-14-8-6-7-11-16(14)25-13-18(23)21-15-9-4-3-5-10-15/h3-12H,2,13H2,1H3,(H,21,23)/b17-12-. The highest BCUT2D eigenvalue weighted by atomic mass is 32.2. The van der Waals surface area contributed by atoms with Crippen LogP contribution in [0.2, 0.25) is 0 Å². The van der Waals surface area contributed by atoms with E-state index in [9.17, 15) is 9.59 Å². The average Bonchev–Trinajstić information content (AvgIpc) is 2.94. The first kappa shape index (κ1) is 19.1. The van der Waals surface area contributed by atoms with Gasteiger partial charge in [-0.25, -0.2) is 0 Å². The number of hydrogen-bond acceptors (Lipinski definition) is 5. The van der Waals surface area contributed by atoms with Crippen LogP contribution in [0.3, 0.4) is 0 Å². The van der Waals surface area contributed by atoms with E-state index < -0.39 is 0 Å². The largest absolute Gasteiger partial charge is 0.483 e. The number of carbonyl (C=O) groups is 2. The number of thiocarbonyl (C=S) groups is 1. The monoisotopic (exact) mass is 398 g/mol. The lowest BCUT2D eigenvalue weighted by molar-refractivity contribution is -0.122. The number of likely N-dealkylation sites (N-methyl/N-ethyl adjacent to an activating group) is 1. The van der Waals surface area contributed by atoms with E-state index in [1.165, 1.54) is 11.8 Å². The number of carbonyl (C=O) groups excluding carboxylic acids is 2. The zero-order chi connectivity index (χ0) is 19.2. The van der Waals surface area contributed by atoms with Crippen LogP contribution in [0.1, 0.15) is 12.5 Å². The molecule has 7 heteroatoms. The van der Waals surface area contributed by atoms with Gasteiger partial charge in [0.1, 0.15) is 10.1 Å². The molecule has 1 aliphatic rings. The Morgan fingerprint density at radius 2 is 1.89 bits per heavy atom. The third-order valence-corrected chi connectivity index (χ3v) is 5.19. The first-order valence-electron chi connectivity index (χ1n) is 8.40. The molecule has 1 fully saturated rings. The summed E-state index contributed by atoms with van der Waals surface area (Å²) in [5, 5.41) is 2.77. The Hall–Kier alpha value is -2.64. The number of rotatable bonds is 6. The van der Waals surface area contributed by atoms with Gasteiger partial charge in [0, 0.05) is 17.8 Å². The number of nitrogens with one attached hydrogen (secondary N) is 1. The molecular formula is C20H18N2O3S2. The van der Waals surface area contributed by atoms with Crippen LogP contribution in [0.5, 0.6) is 5.75 Å². The molecule has 0 aromatic heterocycles. The molecule has 1 aliphatic heterocycles. The minimum atomic E-state index is -0.256. The van der Waals surface area contributed by atoms with Crippen molar-refractivity contribution in [1.82, 2.24) is 4.90 Å². The summed E-state index contributed by atoms with van der Waals surface area (Å²) >= 11 is 6.50. The number of amides is 2. The minimum absolute atomic E-state index is 0.107. The third-order valence-electron chi connectivity index (χ3n) is 3.81. The van der Waals surface area contributed by atoms with Crippen LogP contribution in [0.15, 0.2) is 59.5 Å². The van der Waals surface area contributed by atoms with Gasteiger partial charge >= 0.3 is 0 Å². The molecule has 1 heterocycles. The van der Waals surface area contributed by atoms with Gasteiger partial charge in [-0.3, -0.25) is 14.5 Å². The fourth-order valence-corrected chi connectivity index (χ4v) is 3.88. The van der Waals surface area contributed by atoms with Crippen molar-refractivity contribution in [3.05, 3.63) is 65.1 Å². The zero-order valence-corrected chi connectivity index (χ0v) is 16.3. The molecular weight excluding hydrogens is 380 g/mol. The molecule has 0 radical (unpaired) electrons. The molecule has 1 N–H and O–H groups in total. The zero-order valence-electron chi connectivity index (χ0n) is 14.7. The summed E-state index contributed by atoms with van der Waals surface area (Å²) in [5.41, 5.74) is 1.43. The van der Waals surface area contributed by atoms with Crippen molar-refractivity contribution < 1.29 is 14.3 Å². The molecule has 1 saturated heterocycles. The van der Waals surface area contributed by atoms with Crippen LogP contribution in [0, 0.1) is 0 Å². The summed E-state index contributed by atoms with van der Waals surface area (Å²) in [6, 6.07) is 16.5. The Kier molecular flexibility index (Phi) is 6.26. The predicted octanol–water partition coefficient (Wildman–Crippen LogP) is 3.93. The summed E-state index contributed by atoms with van der Waals surface area (Å²) in [7, 11) is 0. The highest BCUT2D eigenvalue weighted by Gasteiger charge is 2.30. The van der Waals surface area contributed by atoms with E-state index in [4.69, 9.17) is 17.0 Å². The number of ether oxygens (including phenoxy) is 1. The molecule has 2 aromatic carbocycles. The van der Waals surface area contributed by atoms with Crippen molar-refractivity contribution in [3.63, 3.8) is 0 Å². The van der Waals surface area contributed by atoms with Crippen LogP contribution in [-0.4, -0.2) is 34.2 Å². The van der Waals surface area contributed by atoms with Crippen molar-refractivity contribution in [2.24, 2.45) is 0 Å². The van der Waals surface area contributed by atoms with Gasteiger partial charge in [-0.05, 0) is 31.2 Å². The normalized spacial score (nSPS) is 15.3. The maximum atomic E-state index is 12.4. The Morgan fingerprint density at radius 1 is 1.19 bits per heavy atom. The summed E-state index contributed by atoms with van der Waals surface area (Å²) < 4.78 is 6.22. The van der Waals surface area contributed by atoms with Crippen LogP contribution < -0.4 is 10.1 Å². The molecule has 2 amide bonds. The summed E-state index contributed by atoms with van der Waals surface area (Å²) in [5.74, 6) is 0.167. The van der Waals surface area contributed by atoms with Gasteiger partial charge in [0.25, 0.3) is 11.8 Å². The van der Waals surface area contributed by atoms with Crippen molar-refractivity contribution in [2.75, 3.05) is 18.5 Å². The molecule has 0 bridgehead atoms. The van der Waals surface area contributed by atoms with Gasteiger partial charge in [-0.15, -0.1) is 0 Å². The van der Waals surface area contributed by atoms with Gasteiger partial charge in [0.15, 0.2) is 6.61 Å². The number of para-hydroxylation sites is 2. The third kappa shape index (κ3) is 4.75. The van der Waals surface area contributed by atoms with Crippen molar-refractivity contribution in [2.45, 2.75) is 6.92 Å². The van der Waals surface area contributed by atoms with Crippen LogP contribution in [0.4, 0.5) is 5.69 Å². The molecule has 0 spiro atoms. The van der Waals surface area contributed by atoms with E-state index in [2.05, 4.69) is 5.32 Å². The van der Waals surface area contributed by atoms with Crippen LogP contribution in [-0.2, 0) is 9.59 Å². The lowest BCUT2D eigenvalue weighted by Gasteiger charge is -2.11. The van der Waals surface area contributed by atoms with Gasteiger partial charge in [-0.1, -0.05) is 60.4 Å². The van der Waals surface area contributed by atoms with Gasteiger partial charge in [-0.2, -0.15) is 0 Å². The Labute approximate surface area is 167 Å². The minimum Gasteiger partial charge on any atom is -0.483 e. The number of benzene rings is 2. The number of thioether (sulfide) groups is 1. The second-order valence-electron chi connectivity index (χ2n) is 5.67. The molecule has 0 unspecified atom stereocenters. The SMILES string of the molecule is CCN1C(=O)/C(=C/c2ccccc2OCC(=O)Nc2ccccc2)SC1=S. The summed E-state index contributed by atoms with van der Waals surface area (Å²) in [6.45, 7) is 2.30. The van der Waals surface area contributed by atoms with Gasteiger partial charge in [0.2, 0.25) is 0 Å². The van der Waals surface area contributed by atoms with Crippen molar-refractivity contribution in [1.29, 1.82) is 0 Å². The second-order valence-corrected chi connectivity index (χ2v) is 7.34. The van der Waals surface area contributed by atoms with E-state index in [0.29, 0.717) is 27.2 Å². The van der Waals surface area contributed by atoms with Gasteiger partial charge < -0.3 is 10.1 Å². The van der Waals surface area contributed by atoms with E-state index in [0.717, 1.165) is 5.56 Å². The fourth-order valence-electron chi connectivity index (χ4n) is 2.51. The Balaban J connectivity index is 1.69. The molecule has 0 atom stereocenters. The lowest BCUT2D eigenvalue weighted by atomic mass is 10.2. The number of anilines is 1. The highest BCUT2D eigenvalue weighted by molar-refractivity contribution is 8.26. The Morgan fingerprint density at radius 3 is 2.59 bits per heavy atom. The molecule has 138 valence electrons. The van der Waals surface area contributed by atoms with E-state index in [1.807, 2.05) is 55.5 Å². The number of nitrogens with zero attached hydrogens (tertiary/aromatic N) is 1. The molecule has 0 saturated carbocycles. The number of hydrogen-bond donors (Lipinski definition) is 1. The first-order valence-corrected chi connectivity index (χ1v) is 9.63. The first-order chi connectivity index (χ1) is 13.1. The quantitative estimate of drug-likeness (QED) is 0.590. The van der Waals surface area contributed by atoms with Gasteiger partial charge in [0.05, 0.1) is 4.91 Å². The predicted molar refractivity (Wildman–Crippen MR) is 113 cm³/mol. The molecule has 3 rings (SSSR count). The molecule has 0 aliphatic carbocycles. The maximum Gasteiger partial charge on any atom is 0.266 e. The Bertz CT molecular complexity index is 897. The summed E-state index contributed by atoms with van der Waals surface area (Å²) in [4.78, 5) is 26.6.